The molecule has 0 spiro atoms. The number of benzene rings is 1. The predicted octanol–water partition coefficient (Wildman–Crippen LogP) is 1.77. The quantitative estimate of drug-likeness (QED) is 0.847. The normalized spacial score (nSPS) is 24.6. The zero-order valence-electron chi connectivity index (χ0n) is 10.7. The molecule has 5 heteroatoms. The van der Waals surface area contributed by atoms with Gasteiger partial charge in [0.05, 0.1) is 12.2 Å². The zero-order chi connectivity index (χ0) is 13.1. The number of ether oxygens (including phenoxy) is 2. The lowest BCUT2D eigenvalue weighted by molar-refractivity contribution is -0.00461. The minimum atomic E-state index is 0.127. The van der Waals surface area contributed by atoms with Gasteiger partial charge in [-0.2, -0.15) is 0 Å². The summed E-state index contributed by atoms with van der Waals surface area (Å²) in [6.07, 6.45) is 0.255. The van der Waals surface area contributed by atoms with Crippen LogP contribution in [0.3, 0.4) is 0 Å². The second-order valence-corrected chi connectivity index (χ2v) is 5.00. The summed E-state index contributed by atoms with van der Waals surface area (Å²) in [4.78, 5) is 2.28. The van der Waals surface area contributed by atoms with Gasteiger partial charge in [0.15, 0.2) is 0 Å². The van der Waals surface area contributed by atoms with Crippen LogP contribution < -0.4 is 5.73 Å². The summed E-state index contributed by atoms with van der Waals surface area (Å²) in [6, 6.07) is 5.63. The molecule has 0 saturated carbocycles. The number of anilines is 1. The van der Waals surface area contributed by atoms with Gasteiger partial charge >= 0.3 is 0 Å². The van der Waals surface area contributed by atoms with Gasteiger partial charge in [0.1, 0.15) is 0 Å². The molecular weight excluding hydrogens is 252 g/mol. The van der Waals surface area contributed by atoms with Crippen LogP contribution in [-0.4, -0.2) is 44.4 Å². The molecule has 1 saturated heterocycles. The Morgan fingerprint density at radius 1 is 1.28 bits per heavy atom. The van der Waals surface area contributed by atoms with Crippen LogP contribution in [0, 0.1) is 0 Å². The molecule has 1 heterocycles. The summed E-state index contributed by atoms with van der Waals surface area (Å²) in [5, 5.41) is 0.713. The monoisotopic (exact) mass is 270 g/mol. The summed E-state index contributed by atoms with van der Waals surface area (Å²) in [5.41, 5.74) is 7.46. The van der Waals surface area contributed by atoms with E-state index >= 15 is 0 Å². The molecule has 0 radical (unpaired) electrons. The fourth-order valence-electron chi connectivity index (χ4n) is 2.33. The van der Waals surface area contributed by atoms with E-state index in [1.54, 1.807) is 20.3 Å². The second-order valence-electron chi connectivity index (χ2n) is 4.59. The molecule has 0 bridgehead atoms. The minimum Gasteiger partial charge on any atom is -0.399 e. The maximum absolute atomic E-state index is 6.18. The number of halogens is 1. The van der Waals surface area contributed by atoms with E-state index < -0.39 is 0 Å². The van der Waals surface area contributed by atoms with Crippen molar-refractivity contribution in [3.05, 3.63) is 28.8 Å². The van der Waals surface area contributed by atoms with E-state index in [9.17, 15) is 0 Å². The van der Waals surface area contributed by atoms with Crippen molar-refractivity contribution < 1.29 is 9.47 Å². The number of methoxy groups -OCH3 is 2. The standard InChI is InChI=1S/C13H19ClN2O2/c1-17-12-7-16(8-13(12)18-2)6-9-3-4-10(15)5-11(9)14/h3-5,12-13H,6-8,15H2,1-2H3. The number of nitrogens with two attached hydrogens (primary N) is 1. The van der Waals surface area contributed by atoms with Crippen LogP contribution in [-0.2, 0) is 16.0 Å². The average Bonchev–Trinajstić information content (AvgIpc) is 2.75. The Labute approximate surface area is 113 Å². The van der Waals surface area contributed by atoms with Gasteiger partial charge in [0, 0.05) is 44.6 Å². The van der Waals surface area contributed by atoms with Crippen molar-refractivity contribution in [1.82, 2.24) is 4.90 Å². The molecule has 2 rings (SSSR count). The average molecular weight is 271 g/mol. The molecule has 100 valence electrons. The van der Waals surface area contributed by atoms with Crippen LogP contribution >= 0.6 is 11.6 Å². The summed E-state index contributed by atoms with van der Waals surface area (Å²) in [7, 11) is 3.44. The molecule has 1 aromatic rings. The van der Waals surface area contributed by atoms with E-state index in [4.69, 9.17) is 26.8 Å². The highest BCUT2D eigenvalue weighted by atomic mass is 35.5. The van der Waals surface area contributed by atoms with Crippen LogP contribution in [0.25, 0.3) is 0 Å². The molecular formula is C13H19ClN2O2. The first-order valence-corrected chi connectivity index (χ1v) is 6.33. The van der Waals surface area contributed by atoms with Gasteiger partial charge in [0.25, 0.3) is 0 Å². The number of rotatable bonds is 4. The van der Waals surface area contributed by atoms with Crippen molar-refractivity contribution in [2.45, 2.75) is 18.8 Å². The molecule has 2 unspecified atom stereocenters. The number of hydrogen-bond acceptors (Lipinski definition) is 4. The van der Waals surface area contributed by atoms with Crippen molar-refractivity contribution in [3.8, 4) is 0 Å². The summed E-state index contributed by atoms with van der Waals surface area (Å²) < 4.78 is 10.8. The Balaban J connectivity index is 2.02. The first-order valence-electron chi connectivity index (χ1n) is 5.96. The van der Waals surface area contributed by atoms with E-state index in [2.05, 4.69) is 4.90 Å². The number of nitrogens with zero attached hydrogens (tertiary/aromatic N) is 1. The van der Waals surface area contributed by atoms with Crippen molar-refractivity contribution in [1.29, 1.82) is 0 Å². The van der Waals surface area contributed by atoms with Gasteiger partial charge in [-0.15, -0.1) is 0 Å². The first kappa shape index (κ1) is 13.6. The van der Waals surface area contributed by atoms with Gasteiger partial charge < -0.3 is 15.2 Å². The summed E-state index contributed by atoms with van der Waals surface area (Å²) in [6.45, 7) is 2.50. The molecule has 4 nitrogen and oxygen atoms in total. The molecule has 0 aromatic heterocycles. The molecule has 2 atom stereocenters. The van der Waals surface area contributed by atoms with Gasteiger partial charge in [-0.3, -0.25) is 4.90 Å². The topological polar surface area (TPSA) is 47.7 Å². The van der Waals surface area contributed by atoms with E-state index in [0.29, 0.717) is 10.7 Å². The minimum absolute atomic E-state index is 0.127. The Bertz CT molecular complexity index is 402. The van der Waals surface area contributed by atoms with Crippen LogP contribution in [0.4, 0.5) is 5.69 Å². The highest BCUT2D eigenvalue weighted by Gasteiger charge is 2.32. The highest BCUT2D eigenvalue weighted by molar-refractivity contribution is 6.31. The Morgan fingerprint density at radius 3 is 2.39 bits per heavy atom. The lowest BCUT2D eigenvalue weighted by Crippen LogP contribution is -2.27. The summed E-state index contributed by atoms with van der Waals surface area (Å²) >= 11 is 6.18. The van der Waals surface area contributed by atoms with E-state index in [0.717, 1.165) is 25.2 Å². The molecule has 18 heavy (non-hydrogen) atoms. The summed E-state index contributed by atoms with van der Waals surface area (Å²) in [5.74, 6) is 0. The lowest BCUT2D eigenvalue weighted by atomic mass is 10.2. The fourth-order valence-corrected chi connectivity index (χ4v) is 2.58. The maximum atomic E-state index is 6.18. The Kier molecular flexibility index (Phi) is 4.45. The van der Waals surface area contributed by atoms with Gasteiger partial charge in [-0.05, 0) is 17.7 Å². The molecule has 0 amide bonds. The smallest absolute Gasteiger partial charge is 0.0971 e. The van der Waals surface area contributed by atoms with Gasteiger partial charge in [0.2, 0.25) is 0 Å². The predicted molar refractivity (Wildman–Crippen MR) is 72.7 cm³/mol. The van der Waals surface area contributed by atoms with Crippen molar-refractivity contribution >= 4 is 17.3 Å². The molecule has 0 aliphatic carbocycles. The van der Waals surface area contributed by atoms with E-state index in [1.165, 1.54) is 0 Å². The fraction of sp³-hybridized carbons (Fsp3) is 0.538. The van der Waals surface area contributed by atoms with E-state index in [-0.39, 0.29) is 12.2 Å². The largest absolute Gasteiger partial charge is 0.399 e. The third kappa shape index (κ3) is 2.95. The maximum Gasteiger partial charge on any atom is 0.0971 e. The van der Waals surface area contributed by atoms with Gasteiger partial charge in [-0.1, -0.05) is 17.7 Å². The second kappa shape index (κ2) is 5.89. The Hall–Kier alpha value is -0.810. The van der Waals surface area contributed by atoms with Crippen LogP contribution in [0.5, 0.6) is 0 Å². The number of likely N-dealkylation sites (tertiary alicyclic amines) is 1. The van der Waals surface area contributed by atoms with E-state index in [1.807, 2.05) is 12.1 Å². The SMILES string of the molecule is COC1CN(Cc2ccc(N)cc2Cl)CC1OC. The Morgan fingerprint density at radius 2 is 1.89 bits per heavy atom. The van der Waals surface area contributed by atoms with Crippen LogP contribution in [0.1, 0.15) is 5.56 Å². The molecule has 2 N–H and O–H groups in total. The van der Waals surface area contributed by atoms with Crippen LogP contribution in [0.15, 0.2) is 18.2 Å². The van der Waals surface area contributed by atoms with Crippen LogP contribution in [0.2, 0.25) is 5.02 Å². The van der Waals surface area contributed by atoms with Crippen molar-refractivity contribution in [2.24, 2.45) is 0 Å². The molecule has 1 aliphatic heterocycles. The third-order valence-corrected chi connectivity index (χ3v) is 3.72. The van der Waals surface area contributed by atoms with Crippen molar-refractivity contribution in [2.75, 3.05) is 33.0 Å². The van der Waals surface area contributed by atoms with Crippen molar-refractivity contribution in [3.63, 3.8) is 0 Å². The first-order chi connectivity index (χ1) is 8.63. The third-order valence-electron chi connectivity index (χ3n) is 3.37. The highest BCUT2D eigenvalue weighted by Crippen LogP contribution is 2.24. The zero-order valence-corrected chi connectivity index (χ0v) is 11.5. The molecule has 1 fully saturated rings. The molecule has 1 aromatic carbocycles. The molecule has 1 aliphatic rings. The number of hydrogen-bond donors (Lipinski definition) is 1. The number of nitrogen functional groups attached to an aromatic ring is 1. The lowest BCUT2D eigenvalue weighted by Gasteiger charge is -2.16. The van der Waals surface area contributed by atoms with Gasteiger partial charge in [-0.25, -0.2) is 0 Å².